The lowest BCUT2D eigenvalue weighted by atomic mass is 10.1. The van der Waals surface area contributed by atoms with Crippen LogP contribution in [0.25, 0.3) is 6.08 Å². The summed E-state index contributed by atoms with van der Waals surface area (Å²) in [7, 11) is 0. The van der Waals surface area contributed by atoms with Gasteiger partial charge in [-0.05, 0) is 60.2 Å². The summed E-state index contributed by atoms with van der Waals surface area (Å²) < 4.78 is 44.4. The number of alkyl halides is 3. The molecule has 0 radical (unpaired) electrons. The smallest absolute Gasteiger partial charge is 0.416 e. The molecular weight excluding hydrogens is 525 g/mol. The van der Waals surface area contributed by atoms with Crippen molar-refractivity contribution in [1.82, 2.24) is 0 Å². The van der Waals surface area contributed by atoms with E-state index < -0.39 is 22.4 Å². The van der Waals surface area contributed by atoms with E-state index in [0.29, 0.717) is 37.6 Å². The molecule has 0 atom stereocenters. The summed E-state index contributed by atoms with van der Waals surface area (Å²) in [5, 5.41) is 11.8. The second kappa shape index (κ2) is 9.68. The summed E-state index contributed by atoms with van der Waals surface area (Å²) in [6, 6.07) is 14.9. The highest BCUT2D eigenvalue weighted by Crippen LogP contribution is 2.39. The number of thioether (sulfide) groups is 1. The zero-order valence-corrected chi connectivity index (χ0v) is 19.7. The molecule has 4 rings (SSSR count). The summed E-state index contributed by atoms with van der Waals surface area (Å²) in [5.74, 6) is -0.471. The monoisotopic (exact) mass is 536 g/mol. The van der Waals surface area contributed by atoms with Crippen LogP contribution < -0.4 is 9.64 Å². The molecule has 0 N–H and O–H groups in total. The Kier molecular flexibility index (Phi) is 6.84. The Balaban J connectivity index is 1.53. The van der Waals surface area contributed by atoms with Crippen LogP contribution in [0.1, 0.15) is 11.1 Å². The van der Waals surface area contributed by atoms with E-state index in [9.17, 15) is 28.1 Å². The van der Waals surface area contributed by atoms with Crippen LogP contribution in [0.3, 0.4) is 0 Å². The van der Waals surface area contributed by atoms with Gasteiger partial charge in [-0.2, -0.15) is 13.2 Å². The molecule has 1 heterocycles. The van der Waals surface area contributed by atoms with E-state index in [1.165, 1.54) is 17.0 Å². The van der Waals surface area contributed by atoms with Crippen LogP contribution in [0.4, 0.5) is 24.5 Å². The Bertz CT molecular complexity index is 1360. The van der Waals surface area contributed by atoms with Crippen molar-refractivity contribution in [3.05, 3.63) is 97.9 Å². The van der Waals surface area contributed by atoms with Crippen molar-refractivity contribution < 1.29 is 27.6 Å². The Morgan fingerprint density at radius 3 is 2.31 bits per heavy atom. The standard InChI is InChI=1S/C23H12ClF3N2O4S2/c24-15-4-6-16(7-5-15)28-21(30)20(35-22(28)34)11-13-1-8-17(9-2-13)33-19-10-3-14(23(25,26)27)12-18(19)29(31)32/h1-12H/b20-11+. The number of nitrogens with zero attached hydrogens (tertiary/aromatic N) is 2. The molecule has 3 aromatic rings. The van der Waals surface area contributed by atoms with Gasteiger partial charge in [0.2, 0.25) is 5.75 Å². The van der Waals surface area contributed by atoms with Gasteiger partial charge in [-0.3, -0.25) is 19.8 Å². The minimum atomic E-state index is -4.72. The van der Waals surface area contributed by atoms with E-state index in [1.54, 1.807) is 42.5 Å². The fraction of sp³-hybridized carbons (Fsp3) is 0.0435. The van der Waals surface area contributed by atoms with Gasteiger partial charge in [0, 0.05) is 11.1 Å². The molecule has 1 amide bonds. The SMILES string of the molecule is O=C1/C(=C\c2ccc(Oc3ccc(C(F)(F)F)cc3[N+](=O)[O-])cc2)SC(=S)N1c1ccc(Cl)cc1. The number of ether oxygens (including phenoxy) is 1. The molecule has 0 spiro atoms. The van der Waals surface area contributed by atoms with Crippen LogP contribution in [0, 0.1) is 10.1 Å². The van der Waals surface area contributed by atoms with E-state index >= 15 is 0 Å². The molecule has 1 aliphatic heterocycles. The number of nitro benzene ring substituents is 1. The van der Waals surface area contributed by atoms with E-state index in [1.807, 2.05) is 0 Å². The van der Waals surface area contributed by atoms with Gasteiger partial charge in [0.15, 0.2) is 4.32 Å². The summed E-state index contributed by atoms with van der Waals surface area (Å²) in [4.78, 5) is 24.9. The van der Waals surface area contributed by atoms with Gasteiger partial charge in [0.25, 0.3) is 5.91 Å². The maximum Gasteiger partial charge on any atom is 0.416 e. The summed E-state index contributed by atoms with van der Waals surface area (Å²) in [5.41, 5.74) is -0.754. The van der Waals surface area contributed by atoms with E-state index in [-0.39, 0.29) is 17.4 Å². The van der Waals surface area contributed by atoms with Gasteiger partial charge in [0.05, 0.1) is 21.1 Å². The van der Waals surface area contributed by atoms with Crippen LogP contribution in [0.15, 0.2) is 71.6 Å². The first-order chi connectivity index (χ1) is 16.5. The van der Waals surface area contributed by atoms with E-state index in [2.05, 4.69) is 0 Å². The first-order valence-electron chi connectivity index (χ1n) is 9.70. The first-order valence-corrected chi connectivity index (χ1v) is 11.3. The van der Waals surface area contributed by atoms with Gasteiger partial charge < -0.3 is 4.74 Å². The van der Waals surface area contributed by atoms with Gasteiger partial charge in [-0.15, -0.1) is 0 Å². The number of nitro groups is 1. The van der Waals surface area contributed by atoms with E-state index in [0.717, 1.165) is 17.8 Å². The fourth-order valence-corrected chi connectivity index (χ4v) is 4.54. The molecule has 6 nitrogen and oxygen atoms in total. The lowest BCUT2D eigenvalue weighted by Crippen LogP contribution is -2.27. The summed E-state index contributed by atoms with van der Waals surface area (Å²) in [6.45, 7) is 0. The molecule has 1 fully saturated rings. The lowest BCUT2D eigenvalue weighted by molar-refractivity contribution is -0.385. The van der Waals surface area contributed by atoms with Crippen molar-refractivity contribution in [2.45, 2.75) is 6.18 Å². The summed E-state index contributed by atoms with van der Waals surface area (Å²) >= 11 is 12.4. The second-order valence-corrected chi connectivity index (χ2v) is 9.21. The maximum absolute atomic E-state index is 12.9. The number of anilines is 1. The maximum atomic E-state index is 12.9. The number of halogens is 4. The highest BCUT2D eigenvalue weighted by molar-refractivity contribution is 8.27. The van der Waals surface area contributed by atoms with Gasteiger partial charge >= 0.3 is 11.9 Å². The molecule has 0 saturated carbocycles. The zero-order chi connectivity index (χ0) is 25.3. The first kappa shape index (κ1) is 24.7. The normalized spacial score (nSPS) is 15.1. The van der Waals surface area contributed by atoms with Crippen molar-refractivity contribution in [2.24, 2.45) is 0 Å². The summed E-state index contributed by atoms with van der Waals surface area (Å²) in [6.07, 6.45) is -3.10. The van der Waals surface area contributed by atoms with Crippen molar-refractivity contribution in [2.75, 3.05) is 4.90 Å². The van der Waals surface area contributed by atoms with Gasteiger partial charge in [-0.1, -0.05) is 47.7 Å². The molecule has 0 unspecified atom stereocenters. The number of hydrogen-bond acceptors (Lipinski definition) is 6. The van der Waals surface area contributed by atoms with Gasteiger partial charge in [0.1, 0.15) is 5.75 Å². The number of rotatable bonds is 5. The zero-order valence-electron chi connectivity index (χ0n) is 17.3. The number of benzene rings is 3. The van der Waals surface area contributed by atoms with Crippen molar-refractivity contribution in [3.63, 3.8) is 0 Å². The third-order valence-corrected chi connectivity index (χ3v) is 6.32. The molecular formula is C23H12ClF3N2O4S2. The Hall–Kier alpha value is -3.41. The van der Waals surface area contributed by atoms with Crippen molar-refractivity contribution >= 4 is 63.3 Å². The van der Waals surface area contributed by atoms with Crippen molar-refractivity contribution in [1.29, 1.82) is 0 Å². The third-order valence-electron chi connectivity index (χ3n) is 4.77. The molecule has 0 aromatic heterocycles. The molecule has 1 aliphatic rings. The largest absolute Gasteiger partial charge is 0.450 e. The van der Waals surface area contributed by atoms with Crippen LogP contribution in [0.2, 0.25) is 5.02 Å². The third kappa shape index (κ3) is 5.47. The quantitative estimate of drug-likeness (QED) is 0.146. The molecule has 178 valence electrons. The highest BCUT2D eigenvalue weighted by atomic mass is 35.5. The van der Waals surface area contributed by atoms with Crippen molar-refractivity contribution in [3.8, 4) is 11.5 Å². The molecule has 12 heteroatoms. The average molecular weight is 537 g/mol. The second-order valence-electron chi connectivity index (χ2n) is 7.10. The highest BCUT2D eigenvalue weighted by Gasteiger charge is 2.34. The number of thiocarbonyl (C=S) groups is 1. The fourth-order valence-electron chi connectivity index (χ4n) is 3.11. The molecule has 1 saturated heterocycles. The Morgan fingerprint density at radius 1 is 1.06 bits per heavy atom. The van der Waals surface area contributed by atoms with Crippen LogP contribution in [-0.4, -0.2) is 15.2 Å². The Labute approximate surface area is 211 Å². The minimum absolute atomic E-state index is 0.165. The number of amides is 1. The average Bonchev–Trinajstić information content (AvgIpc) is 3.08. The molecule has 0 aliphatic carbocycles. The van der Waals surface area contributed by atoms with Gasteiger partial charge in [-0.25, -0.2) is 0 Å². The molecule has 3 aromatic carbocycles. The number of hydrogen-bond donors (Lipinski definition) is 0. The predicted octanol–water partition coefficient (Wildman–Crippen LogP) is 7.47. The van der Waals surface area contributed by atoms with Crippen LogP contribution >= 0.6 is 35.6 Å². The van der Waals surface area contributed by atoms with Crippen LogP contribution in [0.5, 0.6) is 11.5 Å². The Morgan fingerprint density at radius 2 is 1.71 bits per heavy atom. The minimum Gasteiger partial charge on any atom is -0.450 e. The predicted molar refractivity (Wildman–Crippen MR) is 132 cm³/mol. The number of carbonyl (C=O) groups excluding carboxylic acids is 1. The molecule has 0 bridgehead atoms. The van der Waals surface area contributed by atoms with Crippen LogP contribution in [-0.2, 0) is 11.0 Å². The molecule has 35 heavy (non-hydrogen) atoms. The lowest BCUT2D eigenvalue weighted by Gasteiger charge is -2.14. The number of carbonyl (C=O) groups is 1. The van der Waals surface area contributed by atoms with E-state index in [4.69, 9.17) is 28.6 Å². The topological polar surface area (TPSA) is 72.7 Å².